The van der Waals surface area contributed by atoms with Gasteiger partial charge in [0, 0.05) is 8.95 Å². The van der Waals surface area contributed by atoms with Crippen molar-refractivity contribution in [1.29, 1.82) is 0 Å². The number of carbonyl (C=O) groups excluding carboxylic acids is 2. The van der Waals surface area contributed by atoms with Gasteiger partial charge < -0.3 is 21.3 Å². The van der Waals surface area contributed by atoms with Crippen LogP contribution in [-0.4, -0.2) is 12.1 Å². The molecule has 33 heavy (non-hydrogen) atoms. The zero-order valence-electron chi connectivity index (χ0n) is 17.7. The quantitative estimate of drug-likeness (QED) is 0.341. The van der Waals surface area contributed by atoms with E-state index in [0.717, 1.165) is 31.2 Å². The molecule has 3 aromatic carbocycles. The van der Waals surface area contributed by atoms with Gasteiger partial charge in [0.05, 0.1) is 18.0 Å². The van der Waals surface area contributed by atoms with E-state index in [9.17, 15) is 9.59 Å². The Morgan fingerprint density at radius 2 is 1.09 bits per heavy atom. The molecule has 6 nitrogen and oxygen atoms in total. The number of benzene rings is 3. The molecule has 5 rings (SSSR count). The second kappa shape index (κ2) is 8.50. The van der Waals surface area contributed by atoms with Crippen LogP contribution < -0.4 is 21.3 Å². The van der Waals surface area contributed by atoms with Gasteiger partial charge in [0.25, 0.3) is 0 Å². The van der Waals surface area contributed by atoms with Crippen LogP contribution in [-0.2, 0) is 5.66 Å². The van der Waals surface area contributed by atoms with E-state index < -0.39 is 5.66 Å². The number of amides is 4. The molecule has 2 aliphatic heterocycles. The molecule has 0 saturated carbocycles. The molecule has 2 unspecified atom stereocenters. The number of aryl methyl sites for hydroxylation is 1. The number of nitrogens with one attached hydrogen (secondary N) is 4. The number of hydrogen-bond acceptors (Lipinski definition) is 2. The lowest BCUT2D eigenvalue weighted by atomic mass is 9.70. The maximum atomic E-state index is 13.0. The van der Waals surface area contributed by atoms with E-state index in [1.165, 1.54) is 0 Å². The lowest BCUT2D eigenvalue weighted by molar-refractivity contribution is 0.0557. The summed E-state index contributed by atoms with van der Waals surface area (Å²) >= 11 is 6.99. The smallest absolute Gasteiger partial charge is 0.317 e. The normalized spacial score (nSPS) is 26.3. The van der Waals surface area contributed by atoms with E-state index in [2.05, 4.69) is 53.1 Å². The highest BCUT2D eigenvalue weighted by atomic mass is 79.9. The predicted molar refractivity (Wildman–Crippen MR) is 133 cm³/mol. The van der Waals surface area contributed by atoms with Crippen molar-refractivity contribution in [3.8, 4) is 0 Å². The number of halogens is 2. The Balaban J connectivity index is 1.72. The molecule has 3 aromatic rings. The van der Waals surface area contributed by atoms with Crippen molar-refractivity contribution in [1.82, 2.24) is 21.3 Å². The fourth-order valence-electron chi connectivity index (χ4n) is 4.86. The number of rotatable bonds is 3. The number of fused-ring (bicyclic) bond motifs is 1. The summed E-state index contributed by atoms with van der Waals surface area (Å²) in [7, 11) is 0. The summed E-state index contributed by atoms with van der Waals surface area (Å²) in [5.74, 6) is -0.280. The highest BCUT2D eigenvalue weighted by Gasteiger charge is 2.57. The fraction of sp³-hybridized carbons (Fsp3) is 0.200. The Hall–Kier alpha value is -2.84. The monoisotopic (exact) mass is 568 g/mol. The molecular formula is C25H22Br2N4O2. The van der Waals surface area contributed by atoms with E-state index in [1.807, 2.05) is 79.7 Å². The standard InChI is InChI=1S/C25H22Br2N4O2/c1-14-2-8-17(9-3-14)25-20(21(28-23(32)30-25)15-4-10-18(26)11-5-15)22(29-24(33)31-25)16-6-12-19(27)13-7-16/h2-13,20-22H,1H3,(H2,28,30,32)(H2,29,31,33). The molecule has 2 atom stereocenters. The predicted octanol–water partition coefficient (Wildman–Crippen LogP) is 5.40. The van der Waals surface area contributed by atoms with Crippen LogP contribution >= 0.6 is 31.9 Å². The Kier molecular flexibility index (Phi) is 5.66. The van der Waals surface area contributed by atoms with Crippen molar-refractivity contribution in [2.45, 2.75) is 24.7 Å². The van der Waals surface area contributed by atoms with Gasteiger partial charge in [-0.15, -0.1) is 0 Å². The Bertz CT molecular complexity index is 1130. The topological polar surface area (TPSA) is 82.3 Å². The molecule has 2 heterocycles. The molecule has 2 fully saturated rings. The highest BCUT2D eigenvalue weighted by molar-refractivity contribution is 9.10. The van der Waals surface area contributed by atoms with Crippen LogP contribution in [0.25, 0.3) is 0 Å². The van der Waals surface area contributed by atoms with Gasteiger partial charge in [-0.3, -0.25) is 0 Å². The van der Waals surface area contributed by atoms with E-state index in [1.54, 1.807) is 0 Å². The van der Waals surface area contributed by atoms with Gasteiger partial charge in [-0.2, -0.15) is 0 Å². The minimum atomic E-state index is -1.10. The van der Waals surface area contributed by atoms with Crippen LogP contribution in [0.15, 0.2) is 81.7 Å². The molecule has 4 amide bonds. The zero-order chi connectivity index (χ0) is 23.2. The molecule has 2 aliphatic rings. The molecule has 2 saturated heterocycles. The Morgan fingerprint density at radius 3 is 1.52 bits per heavy atom. The third-order valence-corrected chi connectivity index (χ3v) is 7.44. The Labute approximate surface area is 208 Å². The number of hydrogen-bond donors (Lipinski definition) is 4. The molecule has 0 bridgehead atoms. The maximum absolute atomic E-state index is 13.0. The van der Waals surface area contributed by atoms with E-state index in [0.29, 0.717) is 0 Å². The molecule has 0 aromatic heterocycles. The van der Waals surface area contributed by atoms with Crippen molar-refractivity contribution in [2.24, 2.45) is 5.92 Å². The number of urea groups is 2. The van der Waals surface area contributed by atoms with Crippen molar-refractivity contribution in [3.63, 3.8) is 0 Å². The SMILES string of the molecule is Cc1ccc(C23NC(=O)NC(c4ccc(Br)cc4)C2C(c2ccc(Br)cc2)NC(=O)N3)cc1. The first-order valence-corrected chi connectivity index (χ1v) is 12.2. The van der Waals surface area contributed by atoms with E-state index in [-0.39, 0.29) is 30.1 Å². The van der Waals surface area contributed by atoms with Crippen LogP contribution in [0.3, 0.4) is 0 Å². The molecule has 0 aliphatic carbocycles. The summed E-state index contributed by atoms with van der Waals surface area (Å²) in [6.07, 6.45) is 0. The van der Waals surface area contributed by atoms with Gasteiger partial charge in [-0.1, -0.05) is 86.0 Å². The Morgan fingerprint density at radius 1 is 0.667 bits per heavy atom. The third kappa shape index (κ3) is 4.02. The summed E-state index contributed by atoms with van der Waals surface area (Å²) in [5.41, 5.74) is 2.73. The second-order valence-corrected chi connectivity index (χ2v) is 10.3. The van der Waals surface area contributed by atoms with Crippen LogP contribution in [0.4, 0.5) is 9.59 Å². The molecule has 0 spiro atoms. The maximum Gasteiger partial charge on any atom is 0.317 e. The zero-order valence-corrected chi connectivity index (χ0v) is 20.9. The first kappa shape index (κ1) is 22.0. The van der Waals surface area contributed by atoms with Crippen molar-refractivity contribution in [2.75, 3.05) is 0 Å². The molecule has 4 N–H and O–H groups in total. The fourth-order valence-corrected chi connectivity index (χ4v) is 5.39. The summed E-state index contributed by atoms with van der Waals surface area (Å²) < 4.78 is 1.91. The highest BCUT2D eigenvalue weighted by Crippen LogP contribution is 2.48. The van der Waals surface area contributed by atoms with Crippen molar-refractivity contribution in [3.05, 3.63) is 104 Å². The lowest BCUT2D eigenvalue weighted by Gasteiger charge is -2.55. The van der Waals surface area contributed by atoms with Crippen molar-refractivity contribution < 1.29 is 9.59 Å². The average Bonchev–Trinajstić information content (AvgIpc) is 2.79. The second-order valence-electron chi connectivity index (χ2n) is 8.46. The van der Waals surface area contributed by atoms with Gasteiger partial charge in [-0.05, 0) is 47.9 Å². The number of carbonyl (C=O) groups is 2. The minimum absolute atomic E-state index is 0.280. The first-order valence-electron chi connectivity index (χ1n) is 10.6. The van der Waals surface area contributed by atoms with Crippen LogP contribution in [0, 0.1) is 12.8 Å². The third-order valence-electron chi connectivity index (χ3n) is 6.38. The first-order chi connectivity index (χ1) is 15.9. The summed E-state index contributed by atoms with van der Waals surface area (Å²) in [5, 5.41) is 12.4. The van der Waals surface area contributed by atoms with Gasteiger partial charge in [0.2, 0.25) is 0 Å². The summed E-state index contributed by atoms with van der Waals surface area (Å²) in [4.78, 5) is 26.0. The summed E-state index contributed by atoms with van der Waals surface area (Å²) in [6, 6.07) is 22.3. The van der Waals surface area contributed by atoms with Crippen LogP contribution in [0.2, 0.25) is 0 Å². The molecule has 8 heteroatoms. The largest absolute Gasteiger partial charge is 0.331 e. The van der Waals surface area contributed by atoms with E-state index in [4.69, 9.17) is 0 Å². The summed E-state index contributed by atoms with van der Waals surface area (Å²) in [6.45, 7) is 2.01. The molecular weight excluding hydrogens is 548 g/mol. The van der Waals surface area contributed by atoms with Gasteiger partial charge >= 0.3 is 12.1 Å². The molecule has 168 valence electrons. The van der Waals surface area contributed by atoms with Crippen LogP contribution in [0.1, 0.15) is 34.3 Å². The minimum Gasteiger partial charge on any atom is -0.331 e. The van der Waals surface area contributed by atoms with Gasteiger partial charge in [-0.25, -0.2) is 9.59 Å². The van der Waals surface area contributed by atoms with Gasteiger partial charge in [0.15, 0.2) is 0 Å². The van der Waals surface area contributed by atoms with E-state index >= 15 is 0 Å². The van der Waals surface area contributed by atoms with Crippen LogP contribution in [0.5, 0.6) is 0 Å². The average molecular weight is 570 g/mol. The molecule has 0 radical (unpaired) electrons. The van der Waals surface area contributed by atoms with Crippen molar-refractivity contribution >= 4 is 43.9 Å². The lowest BCUT2D eigenvalue weighted by Crippen LogP contribution is -2.76. The van der Waals surface area contributed by atoms with Gasteiger partial charge in [0.1, 0.15) is 5.66 Å².